The van der Waals surface area contributed by atoms with E-state index in [2.05, 4.69) is 174 Å². The van der Waals surface area contributed by atoms with Gasteiger partial charge in [0, 0.05) is 31.4 Å². The zero-order valence-electron chi connectivity index (χ0n) is 25.0. The molecule has 0 radical (unpaired) electrons. The van der Waals surface area contributed by atoms with Crippen molar-refractivity contribution in [3.63, 3.8) is 0 Å². The highest BCUT2D eigenvalue weighted by Gasteiger charge is 2.20. The fourth-order valence-electron chi connectivity index (χ4n) is 6.64. The van der Waals surface area contributed by atoms with Crippen molar-refractivity contribution < 1.29 is 0 Å². The molecule has 0 fully saturated rings. The fraction of sp³-hybridized carbons (Fsp3) is 0. The zero-order chi connectivity index (χ0) is 30.5. The minimum absolute atomic E-state index is 0.932. The largest absolute Gasteiger partial charge is 0.292 e. The first-order chi connectivity index (χ1) is 22.8. The normalized spacial score (nSPS) is 11.5. The average Bonchev–Trinajstić information content (AvgIpc) is 3.71. The lowest BCUT2D eigenvalue weighted by Gasteiger charge is -2.16. The summed E-state index contributed by atoms with van der Waals surface area (Å²) < 4.78 is 4.92. The molecule has 9 rings (SSSR count). The molecule has 3 heteroatoms. The van der Waals surface area contributed by atoms with Crippen LogP contribution in [0.5, 0.6) is 0 Å². The van der Waals surface area contributed by atoms with E-state index in [9.17, 15) is 0 Å². The van der Waals surface area contributed by atoms with Crippen LogP contribution in [0.4, 0.5) is 0 Å². The topological polar surface area (TPSA) is 17.8 Å². The van der Waals surface area contributed by atoms with Crippen molar-refractivity contribution in [2.24, 2.45) is 0 Å². The van der Waals surface area contributed by atoms with Gasteiger partial charge in [0.2, 0.25) is 0 Å². The highest BCUT2D eigenvalue weighted by Crippen LogP contribution is 2.43. The Kier molecular flexibility index (Phi) is 6.36. The van der Waals surface area contributed by atoms with E-state index in [0.29, 0.717) is 0 Å². The number of hydrogen-bond donors (Lipinski definition) is 0. The van der Waals surface area contributed by atoms with Crippen LogP contribution in [-0.2, 0) is 0 Å². The molecule has 9 aromatic rings. The summed E-state index contributed by atoms with van der Waals surface area (Å²) in [5.41, 5.74) is 11.4. The Morgan fingerprint density at radius 2 is 1.09 bits per heavy atom. The minimum Gasteiger partial charge on any atom is -0.292 e. The second-order valence-corrected chi connectivity index (χ2v) is 12.6. The van der Waals surface area contributed by atoms with Crippen LogP contribution in [0.25, 0.3) is 81.7 Å². The molecule has 0 bridgehead atoms. The molecule has 2 heterocycles. The number of thiophene rings is 1. The van der Waals surface area contributed by atoms with Crippen molar-refractivity contribution in [1.29, 1.82) is 0 Å². The van der Waals surface area contributed by atoms with Gasteiger partial charge in [-0.15, -0.1) is 11.3 Å². The van der Waals surface area contributed by atoms with Crippen molar-refractivity contribution in [3.8, 4) is 50.5 Å². The van der Waals surface area contributed by atoms with Gasteiger partial charge in [-0.05, 0) is 75.8 Å². The molecule has 2 aromatic heterocycles. The van der Waals surface area contributed by atoms with Gasteiger partial charge in [0.05, 0.1) is 11.0 Å². The molecule has 0 amide bonds. The highest BCUT2D eigenvalue weighted by molar-refractivity contribution is 7.26. The molecule has 216 valence electrons. The Bertz CT molecular complexity index is 2510. The van der Waals surface area contributed by atoms with E-state index in [-0.39, 0.29) is 0 Å². The van der Waals surface area contributed by atoms with Crippen LogP contribution in [0.1, 0.15) is 0 Å². The number of nitrogens with zero attached hydrogens (tertiary/aromatic N) is 2. The molecule has 0 aliphatic carbocycles. The molecule has 0 aliphatic rings. The third kappa shape index (κ3) is 4.44. The van der Waals surface area contributed by atoms with Gasteiger partial charge in [-0.1, -0.05) is 127 Å². The highest BCUT2D eigenvalue weighted by atomic mass is 32.1. The van der Waals surface area contributed by atoms with E-state index < -0.39 is 0 Å². The first-order valence-electron chi connectivity index (χ1n) is 15.6. The average molecular weight is 605 g/mol. The van der Waals surface area contributed by atoms with Crippen LogP contribution < -0.4 is 0 Å². The van der Waals surface area contributed by atoms with E-state index in [1.807, 2.05) is 11.3 Å². The van der Waals surface area contributed by atoms with Crippen LogP contribution in [-0.4, -0.2) is 9.55 Å². The summed E-state index contributed by atoms with van der Waals surface area (Å²) in [4.78, 5) is 5.26. The third-order valence-electron chi connectivity index (χ3n) is 8.85. The number of benzene rings is 7. The molecule has 46 heavy (non-hydrogen) atoms. The maximum atomic E-state index is 5.26. The van der Waals surface area contributed by atoms with Gasteiger partial charge in [-0.25, -0.2) is 4.98 Å². The molecule has 0 atom stereocenters. The summed E-state index contributed by atoms with van der Waals surface area (Å²) in [6, 6.07) is 60.8. The first-order valence-corrected chi connectivity index (χ1v) is 16.4. The lowest BCUT2D eigenvalue weighted by Crippen LogP contribution is -1.99. The summed E-state index contributed by atoms with van der Waals surface area (Å²) in [6.07, 6.45) is 0. The zero-order valence-corrected chi connectivity index (χ0v) is 25.8. The van der Waals surface area contributed by atoms with Gasteiger partial charge < -0.3 is 0 Å². The molecule has 0 spiro atoms. The Balaban J connectivity index is 1.29. The quantitative estimate of drug-likeness (QED) is 0.191. The van der Waals surface area contributed by atoms with Crippen molar-refractivity contribution in [2.45, 2.75) is 0 Å². The number of aromatic nitrogens is 2. The summed E-state index contributed by atoms with van der Waals surface area (Å²) >= 11 is 1.87. The summed E-state index contributed by atoms with van der Waals surface area (Å²) in [6.45, 7) is 0. The SMILES string of the molecule is c1ccc(-c2ccc(-c3cc(-c4cccc5c4sc4ccccc45)ccc3-c3nc4ccccc4n3-c3ccccc3)cc2)cc1. The van der Waals surface area contributed by atoms with E-state index in [0.717, 1.165) is 39.2 Å². The molecule has 0 aliphatic heterocycles. The molecule has 7 aromatic carbocycles. The Morgan fingerprint density at radius 3 is 1.93 bits per heavy atom. The minimum atomic E-state index is 0.932. The third-order valence-corrected chi connectivity index (χ3v) is 10.1. The molecule has 0 saturated heterocycles. The van der Waals surface area contributed by atoms with Crippen LogP contribution >= 0.6 is 11.3 Å². The number of fused-ring (bicyclic) bond motifs is 4. The number of para-hydroxylation sites is 3. The van der Waals surface area contributed by atoms with Gasteiger partial charge in [-0.3, -0.25) is 4.57 Å². The van der Waals surface area contributed by atoms with Crippen LogP contribution in [0.2, 0.25) is 0 Å². The Labute approximate surface area is 271 Å². The van der Waals surface area contributed by atoms with E-state index >= 15 is 0 Å². The number of imidazole rings is 1. The Morgan fingerprint density at radius 1 is 0.435 bits per heavy atom. The van der Waals surface area contributed by atoms with E-state index in [1.165, 1.54) is 42.4 Å². The van der Waals surface area contributed by atoms with Crippen molar-refractivity contribution >= 4 is 42.5 Å². The summed E-state index contributed by atoms with van der Waals surface area (Å²) in [7, 11) is 0. The van der Waals surface area contributed by atoms with Crippen molar-refractivity contribution in [1.82, 2.24) is 9.55 Å². The van der Waals surface area contributed by atoms with Gasteiger partial charge in [0.1, 0.15) is 5.82 Å². The lowest BCUT2D eigenvalue weighted by atomic mass is 9.92. The van der Waals surface area contributed by atoms with Crippen LogP contribution in [0.15, 0.2) is 170 Å². The van der Waals surface area contributed by atoms with Gasteiger partial charge >= 0.3 is 0 Å². The maximum Gasteiger partial charge on any atom is 0.146 e. The lowest BCUT2D eigenvalue weighted by molar-refractivity contribution is 1.10. The summed E-state index contributed by atoms with van der Waals surface area (Å²) in [5.74, 6) is 0.932. The van der Waals surface area contributed by atoms with Crippen LogP contribution in [0, 0.1) is 0 Å². The number of hydrogen-bond acceptors (Lipinski definition) is 2. The van der Waals surface area contributed by atoms with Crippen LogP contribution in [0.3, 0.4) is 0 Å². The van der Waals surface area contributed by atoms with Gasteiger partial charge in [0.25, 0.3) is 0 Å². The smallest absolute Gasteiger partial charge is 0.146 e. The molecule has 0 unspecified atom stereocenters. The van der Waals surface area contributed by atoms with Crippen molar-refractivity contribution in [2.75, 3.05) is 0 Å². The predicted molar refractivity (Wildman–Crippen MR) is 196 cm³/mol. The van der Waals surface area contributed by atoms with E-state index in [4.69, 9.17) is 4.98 Å². The first kappa shape index (κ1) is 26.6. The second kappa shape index (κ2) is 11.0. The van der Waals surface area contributed by atoms with Gasteiger partial charge in [-0.2, -0.15) is 0 Å². The molecular formula is C43H28N2S. The molecule has 0 saturated carbocycles. The Hall–Kier alpha value is -5.77. The second-order valence-electron chi connectivity index (χ2n) is 11.6. The van der Waals surface area contributed by atoms with Gasteiger partial charge in [0.15, 0.2) is 0 Å². The number of rotatable bonds is 5. The maximum absolute atomic E-state index is 5.26. The van der Waals surface area contributed by atoms with Crippen molar-refractivity contribution in [3.05, 3.63) is 170 Å². The monoisotopic (exact) mass is 604 g/mol. The molecule has 0 N–H and O–H groups in total. The standard InChI is InChI=1S/C43H28N2S/c1-3-12-29(13-4-1)30-22-24-31(25-23-30)38-28-32(34-17-11-18-36-35-16-7-10-21-41(35)46-42(34)36)26-27-37(38)43-44-39-19-8-9-20-40(39)45(43)33-14-5-2-6-15-33/h1-28H. The predicted octanol–water partition coefficient (Wildman–Crippen LogP) is 12.1. The fourth-order valence-corrected chi connectivity index (χ4v) is 7.88. The summed E-state index contributed by atoms with van der Waals surface area (Å²) in [5, 5.41) is 2.62. The molecule has 2 nitrogen and oxygen atoms in total. The van der Waals surface area contributed by atoms with E-state index in [1.54, 1.807) is 0 Å². The molecular weight excluding hydrogens is 577 g/mol.